The molecule has 0 spiro atoms. The largest absolute Gasteiger partial charge is 0.449 e. The average Bonchev–Trinajstić information content (AvgIpc) is 2.98. The number of carbonyl (C=O) groups excluding carboxylic acids is 1. The highest BCUT2D eigenvalue weighted by Gasteiger charge is 2.18. The summed E-state index contributed by atoms with van der Waals surface area (Å²) in [7, 11) is 0. The fourth-order valence-electron chi connectivity index (χ4n) is 2.74. The predicted octanol–water partition coefficient (Wildman–Crippen LogP) is 3.56. The number of carbonyl (C=O) groups is 1. The number of hydrogen-bond acceptors (Lipinski definition) is 4. The molecule has 0 bridgehead atoms. The molecule has 4 heteroatoms. The van der Waals surface area contributed by atoms with Crippen LogP contribution in [0.2, 0.25) is 0 Å². The monoisotopic (exact) mass is 283 g/mol. The van der Waals surface area contributed by atoms with Crippen molar-refractivity contribution in [3.8, 4) is 5.75 Å². The van der Waals surface area contributed by atoms with Gasteiger partial charge in [-0.05, 0) is 36.5 Å². The maximum atomic E-state index is 11.2. The Morgan fingerprint density at radius 2 is 2.33 bits per heavy atom. The molecule has 1 aromatic heterocycles. The Labute approximate surface area is 123 Å². The molecule has 2 aromatic rings. The highest BCUT2D eigenvalue weighted by Crippen LogP contribution is 2.36. The van der Waals surface area contributed by atoms with E-state index in [1.807, 2.05) is 12.1 Å². The highest BCUT2D eigenvalue weighted by atomic mass is 16.5. The van der Waals surface area contributed by atoms with Gasteiger partial charge in [-0.3, -0.25) is 4.79 Å². The van der Waals surface area contributed by atoms with Gasteiger partial charge in [0.15, 0.2) is 5.89 Å². The Morgan fingerprint density at radius 1 is 1.43 bits per heavy atom. The maximum Gasteiger partial charge on any atom is 0.308 e. The van der Waals surface area contributed by atoms with Crippen molar-refractivity contribution in [2.45, 2.75) is 32.6 Å². The third-order valence-electron chi connectivity index (χ3n) is 3.61. The summed E-state index contributed by atoms with van der Waals surface area (Å²) >= 11 is 0. The van der Waals surface area contributed by atoms with Crippen LogP contribution >= 0.6 is 0 Å². The molecule has 0 atom stereocenters. The molecule has 1 heterocycles. The van der Waals surface area contributed by atoms with E-state index in [9.17, 15) is 4.79 Å². The van der Waals surface area contributed by atoms with E-state index in [-0.39, 0.29) is 5.97 Å². The Bertz CT molecular complexity index is 671. The van der Waals surface area contributed by atoms with Gasteiger partial charge < -0.3 is 9.15 Å². The van der Waals surface area contributed by atoms with E-state index in [1.54, 1.807) is 12.5 Å². The van der Waals surface area contributed by atoms with Gasteiger partial charge in [0.25, 0.3) is 0 Å². The number of allylic oxidation sites excluding steroid dienone is 2. The second-order valence-corrected chi connectivity index (χ2v) is 5.09. The molecule has 0 saturated heterocycles. The lowest BCUT2D eigenvalue weighted by Crippen LogP contribution is -2.09. The molecular weight excluding hydrogens is 266 g/mol. The van der Waals surface area contributed by atoms with Crippen molar-refractivity contribution in [1.29, 1.82) is 0 Å². The van der Waals surface area contributed by atoms with Crippen molar-refractivity contribution in [2.24, 2.45) is 0 Å². The normalized spacial score (nSPS) is 15.8. The molecule has 1 aromatic carbocycles. The van der Waals surface area contributed by atoms with Crippen molar-refractivity contribution in [2.75, 3.05) is 0 Å². The predicted molar refractivity (Wildman–Crippen MR) is 78.9 cm³/mol. The topological polar surface area (TPSA) is 52.3 Å². The van der Waals surface area contributed by atoms with E-state index in [0.717, 1.165) is 24.8 Å². The number of aromatic nitrogens is 1. The lowest BCUT2D eigenvalue weighted by atomic mass is 9.86. The van der Waals surface area contributed by atoms with Gasteiger partial charge in [0.2, 0.25) is 0 Å². The van der Waals surface area contributed by atoms with Crippen LogP contribution in [0.5, 0.6) is 5.75 Å². The molecule has 108 valence electrons. The van der Waals surface area contributed by atoms with Crippen LogP contribution in [0.1, 0.15) is 36.8 Å². The van der Waals surface area contributed by atoms with E-state index in [1.165, 1.54) is 18.1 Å². The number of benzene rings is 1. The standard InChI is InChI=1S/C17H17NO3/c1-12(19)21-16-7-3-5-14-13(4-2-6-15(14)16)8-9-17-18-10-11-20-17/h3,5,7-8,10-11H,2,4,6,9H2,1H3. The van der Waals surface area contributed by atoms with Crippen LogP contribution in [0.15, 0.2) is 41.2 Å². The zero-order valence-electron chi connectivity index (χ0n) is 12.0. The summed E-state index contributed by atoms with van der Waals surface area (Å²) in [5.41, 5.74) is 3.56. The van der Waals surface area contributed by atoms with E-state index < -0.39 is 0 Å². The molecular formula is C17H17NO3. The molecule has 0 saturated carbocycles. The first kappa shape index (κ1) is 13.6. The van der Waals surface area contributed by atoms with Crippen LogP contribution in [-0.2, 0) is 17.6 Å². The van der Waals surface area contributed by atoms with E-state index in [0.29, 0.717) is 18.1 Å². The number of hydrogen-bond donors (Lipinski definition) is 0. The number of ether oxygens (including phenoxy) is 1. The molecule has 4 nitrogen and oxygen atoms in total. The van der Waals surface area contributed by atoms with Crippen molar-refractivity contribution >= 4 is 11.5 Å². The fraction of sp³-hybridized carbons (Fsp3) is 0.294. The van der Waals surface area contributed by atoms with Gasteiger partial charge in [-0.15, -0.1) is 0 Å². The van der Waals surface area contributed by atoms with E-state index in [4.69, 9.17) is 9.15 Å². The molecule has 0 aliphatic heterocycles. The zero-order valence-corrected chi connectivity index (χ0v) is 12.0. The molecule has 1 aliphatic carbocycles. The quantitative estimate of drug-likeness (QED) is 0.638. The first-order valence-electron chi connectivity index (χ1n) is 7.12. The van der Waals surface area contributed by atoms with Crippen LogP contribution in [0.25, 0.3) is 5.57 Å². The number of oxazole rings is 1. The Morgan fingerprint density at radius 3 is 3.10 bits per heavy atom. The van der Waals surface area contributed by atoms with Gasteiger partial charge in [-0.1, -0.05) is 18.2 Å². The zero-order chi connectivity index (χ0) is 14.7. The van der Waals surface area contributed by atoms with E-state index >= 15 is 0 Å². The van der Waals surface area contributed by atoms with Crippen molar-refractivity contribution in [3.05, 3.63) is 53.8 Å². The summed E-state index contributed by atoms with van der Waals surface area (Å²) in [4.78, 5) is 15.3. The molecule has 0 N–H and O–H groups in total. The smallest absolute Gasteiger partial charge is 0.308 e. The van der Waals surface area contributed by atoms with Gasteiger partial charge in [0.05, 0.1) is 6.20 Å². The van der Waals surface area contributed by atoms with Crippen LogP contribution in [-0.4, -0.2) is 11.0 Å². The van der Waals surface area contributed by atoms with Gasteiger partial charge in [-0.2, -0.15) is 0 Å². The SMILES string of the molecule is CC(=O)Oc1cccc2c1CCCC2=CCc1ncco1. The van der Waals surface area contributed by atoms with Crippen molar-refractivity contribution in [1.82, 2.24) is 4.98 Å². The molecule has 0 radical (unpaired) electrons. The molecule has 21 heavy (non-hydrogen) atoms. The summed E-state index contributed by atoms with van der Waals surface area (Å²) < 4.78 is 10.6. The summed E-state index contributed by atoms with van der Waals surface area (Å²) in [5.74, 6) is 1.12. The Balaban J connectivity index is 1.90. The summed E-state index contributed by atoms with van der Waals surface area (Å²) in [6.45, 7) is 1.43. The molecule has 0 amide bonds. The molecule has 1 aliphatic rings. The minimum atomic E-state index is -0.278. The summed E-state index contributed by atoms with van der Waals surface area (Å²) in [5, 5.41) is 0. The minimum absolute atomic E-state index is 0.278. The van der Waals surface area contributed by atoms with Gasteiger partial charge in [0, 0.05) is 18.9 Å². The first-order chi connectivity index (χ1) is 10.2. The second-order valence-electron chi connectivity index (χ2n) is 5.09. The van der Waals surface area contributed by atoms with Crippen LogP contribution in [0.4, 0.5) is 0 Å². The molecule has 0 unspecified atom stereocenters. The van der Waals surface area contributed by atoms with Crippen LogP contribution < -0.4 is 4.74 Å². The summed E-state index contributed by atoms with van der Waals surface area (Å²) in [6.07, 6.45) is 9.10. The van der Waals surface area contributed by atoms with Gasteiger partial charge in [0.1, 0.15) is 12.0 Å². The number of esters is 1. The van der Waals surface area contributed by atoms with E-state index in [2.05, 4.69) is 17.1 Å². The third kappa shape index (κ3) is 3.05. The third-order valence-corrected chi connectivity index (χ3v) is 3.61. The Kier molecular flexibility index (Phi) is 3.86. The Hall–Kier alpha value is -2.36. The molecule has 0 fully saturated rings. The highest BCUT2D eigenvalue weighted by molar-refractivity contribution is 5.75. The van der Waals surface area contributed by atoms with Crippen molar-refractivity contribution < 1.29 is 13.9 Å². The first-order valence-corrected chi connectivity index (χ1v) is 7.12. The lowest BCUT2D eigenvalue weighted by molar-refractivity contribution is -0.131. The van der Waals surface area contributed by atoms with Crippen molar-refractivity contribution in [3.63, 3.8) is 0 Å². The number of rotatable bonds is 3. The minimum Gasteiger partial charge on any atom is -0.449 e. The number of fused-ring (bicyclic) bond motifs is 1. The molecule has 3 rings (SSSR count). The van der Waals surface area contributed by atoms with Crippen LogP contribution in [0, 0.1) is 0 Å². The lowest BCUT2D eigenvalue weighted by Gasteiger charge is -2.21. The maximum absolute atomic E-state index is 11.2. The van der Waals surface area contributed by atoms with Gasteiger partial charge >= 0.3 is 5.97 Å². The number of nitrogens with zero attached hydrogens (tertiary/aromatic N) is 1. The van der Waals surface area contributed by atoms with Crippen LogP contribution in [0.3, 0.4) is 0 Å². The second kappa shape index (κ2) is 5.95. The fourth-order valence-corrected chi connectivity index (χ4v) is 2.74. The summed E-state index contributed by atoms with van der Waals surface area (Å²) in [6, 6.07) is 5.88. The van der Waals surface area contributed by atoms with Gasteiger partial charge in [-0.25, -0.2) is 4.98 Å². The average molecular weight is 283 g/mol.